The Morgan fingerprint density at radius 3 is 2.14 bits per heavy atom. The summed E-state index contributed by atoms with van der Waals surface area (Å²) in [7, 11) is 1.41. The van der Waals surface area contributed by atoms with Gasteiger partial charge in [0, 0.05) is 61.2 Å². The third-order valence-electron chi connectivity index (χ3n) is 9.97. The maximum absolute atomic E-state index is 14.0. The maximum atomic E-state index is 14.0. The van der Waals surface area contributed by atoms with E-state index in [2.05, 4.69) is 5.32 Å². The second-order valence-electron chi connectivity index (χ2n) is 13.6. The maximum Gasteiger partial charge on any atom is 0.312 e. The molecule has 3 heterocycles. The first-order chi connectivity index (χ1) is 23.8. The number of benzene rings is 2. The van der Waals surface area contributed by atoms with Crippen molar-refractivity contribution < 1.29 is 64.0 Å². The zero-order chi connectivity index (χ0) is 38.3. The van der Waals surface area contributed by atoms with Gasteiger partial charge in [0.2, 0.25) is 0 Å². The SMILES string of the molecule is COC1C=COC2(C)Oc3c(C)c(O)c4c(O)c(c(O)c(O)c4c3C2=O)NC(=O)/C(C)=C\C=C/C(C)C(O)C(C)C(O)C(C)C(OC(C)=O)C1C. The highest BCUT2D eigenvalue weighted by molar-refractivity contribution is 6.22. The van der Waals surface area contributed by atoms with Gasteiger partial charge in [-0.1, -0.05) is 45.9 Å². The standard InChI is InChI=1S/C37H47NO13/c1-15-11-10-12-16(2)36(47)38-26-30(43)24-23(31(44)32(26)45)25-34(20(6)29(24)42)51-37(8,35(25)46)49-14-13-22(48-9)17(3)33(50-21(7)39)19(5)28(41)18(4)27(15)40/h10-15,17-19,22,27-28,33,40-45H,1-9H3,(H,38,47)/b11-10-,14-13?,16-12-. The Hall–Kier alpha value is -4.79. The molecule has 5 rings (SSSR count). The molecule has 14 nitrogen and oxygen atoms in total. The van der Waals surface area contributed by atoms with E-state index in [1.807, 2.05) is 0 Å². The molecule has 0 saturated carbocycles. The number of allylic oxidation sites excluding steroid dienone is 2. The molecule has 5 bridgehead atoms. The van der Waals surface area contributed by atoms with Crippen LogP contribution in [0.3, 0.4) is 0 Å². The number of carbonyl (C=O) groups excluding carboxylic acids is 3. The van der Waals surface area contributed by atoms with E-state index < -0.39 is 111 Å². The Balaban J connectivity index is 1.90. The monoisotopic (exact) mass is 713 g/mol. The number of aliphatic hydroxyl groups excluding tert-OH is 2. The molecule has 0 saturated heterocycles. The van der Waals surface area contributed by atoms with Crippen molar-refractivity contribution in [1.29, 1.82) is 0 Å². The Morgan fingerprint density at radius 2 is 1.53 bits per heavy atom. The number of anilines is 1. The Bertz CT molecular complexity index is 1810. The molecule has 14 heteroatoms. The molecular weight excluding hydrogens is 666 g/mol. The van der Waals surface area contributed by atoms with Gasteiger partial charge in [-0.05, 0) is 19.9 Å². The van der Waals surface area contributed by atoms with Crippen LogP contribution >= 0.6 is 0 Å². The van der Waals surface area contributed by atoms with Crippen molar-refractivity contribution in [2.45, 2.75) is 85.6 Å². The van der Waals surface area contributed by atoms with Crippen molar-refractivity contribution in [3.8, 4) is 28.7 Å². The molecule has 0 spiro atoms. The van der Waals surface area contributed by atoms with Gasteiger partial charge < -0.3 is 54.9 Å². The number of phenols is 4. The van der Waals surface area contributed by atoms with Crippen LogP contribution in [0, 0.1) is 30.6 Å². The van der Waals surface area contributed by atoms with E-state index in [1.54, 1.807) is 33.8 Å². The number of fused-ring (bicyclic) bond motifs is 14. The summed E-state index contributed by atoms with van der Waals surface area (Å²) >= 11 is 0. The summed E-state index contributed by atoms with van der Waals surface area (Å²) in [5, 5.41) is 68.6. The molecule has 0 aromatic heterocycles. The minimum atomic E-state index is -2.07. The van der Waals surface area contributed by atoms with Crippen molar-refractivity contribution in [3.05, 3.63) is 47.3 Å². The number of ether oxygens (including phenoxy) is 4. The van der Waals surface area contributed by atoms with Crippen LogP contribution < -0.4 is 10.1 Å². The van der Waals surface area contributed by atoms with Crippen LogP contribution in [0.1, 0.15) is 64.4 Å². The molecule has 0 aliphatic carbocycles. The largest absolute Gasteiger partial charge is 0.507 e. The van der Waals surface area contributed by atoms with Gasteiger partial charge >= 0.3 is 11.8 Å². The number of methoxy groups -OCH3 is 1. The number of rotatable bonds is 2. The lowest BCUT2D eigenvalue weighted by atomic mass is 9.78. The first-order valence-corrected chi connectivity index (χ1v) is 16.6. The number of aromatic hydroxyl groups is 4. The number of phenolic OH excluding ortho intramolecular Hbond substituents is 4. The summed E-state index contributed by atoms with van der Waals surface area (Å²) < 4.78 is 23.1. The van der Waals surface area contributed by atoms with Crippen LogP contribution in [0.25, 0.3) is 10.8 Å². The van der Waals surface area contributed by atoms with E-state index in [0.29, 0.717) is 0 Å². The summed E-state index contributed by atoms with van der Waals surface area (Å²) in [6.07, 6.45) is 3.25. The van der Waals surface area contributed by atoms with Crippen LogP contribution in [-0.4, -0.2) is 85.6 Å². The highest BCUT2D eigenvalue weighted by atomic mass is 16.7. The zero-order valence-corrected chi connectivity index (χ0v) is 30.0. The van der Waals surface area contributed by atoms with E-state index in [0.717, 1.165) is 6.26 Å². The first-order valence-electron chi connectivity index (χ1n) is 16.6. The average molecular weight is 714 g/mol. The van der Waals surface area contributed by atoms with Crippen LogP contribution in [0.5, 0.6) is 28.7 Å². The number of hydrogen-bond acceptors (Lipinski definition) is 13. The Kier molecular flexibility index (Phi) is 11.3. The lowest BCUT2D eigenvalue weighted by molar-refractivity contribution is -0.160. The van der Waals surface area contributed by atoms with Crippen molar-refractivity contribution in [3.63, 3.8) is 0 Å². The second-order valence-corrected chi connectivity index (χ2v) is 13.6. The van der Waals surface area contributed by atoms with Crippen molar-refractivity contribution >= 4 is 34.1 Å². The summed E-state index contributed by atoms with van der Waals surface area (Å²) in [6, 6.07) is 0. The normalized spacial score (nSPS) is 32.2. The number of carbonyl (C=O) groups is 3. The van der Waals surface area contributed by atoms with E-state index in [1.165, 1.54) is 53.0 Å². The van der Waals surface area contributed by atoms with Gasteiger partial charge in [-0.3, -0.25) is 14.4 Å². The lowest BCUT2D eigenvalue weighted by Crippen LogP contribution is -2.46. The minimum absolute atomic E-state index is 0.00255. The van der Waals surface area contributed by atoms with Gasteiger partial charge in [-0.25, -0.2) is 0 Å². The molecule has 2 aromatic carbocycles. The number of amides is 1. The van der Waals surface area contributed by atoms with Gasteiger partial charge in [-0.15, -0.1) is 0 Å². The highest BCUT2D eigenvalue weighted by Crippen LogP contribution is 2.57. The number of Topliss-reactive ketones (excluding diaryl/α,β-unsaturated/α-hetero) is 1. The Labute approximate surface area is 295 Å². The van der Waals surface area contributed by atoms with Gasteiger partial charge in [0.1, 0.15) is 23.3 Å². The molecule has 3 aliphatic rings. The smallest absolute Gasteiger partial charge is 0.312 e. The molecule has 0 fully saturated rings. The molecule has 0 radical (unpaired) electrons. The molecule has 7 N–H and O–H groups in total. The fraction of sp³-hybridized carbons (Fsp3) is 0.486. The molecule has 51 heavy (non-hydrogen) atoms. The quantitative estimate of drug-likeness (QED) is 0.130. The zero-order valence-electron chi connectivity index (χ0n) is 30.0. The van der Waals surface area contributed by atoms with Crippen molar-refractivity contribution in [2.75, 3.05) is 12.4 Å². The topological polar surface area (TPSA) is 222 Å². The summed E-state index contributed by atoms with van der Waals surface area (Å²) in [4.78, 5) is 39.3. The fourth-order valence-electron chi connectivity index (χ4n) is 6.71. The second kappa shape index (κ2) is 14.8. The molecular formula is C37H47NO13. The third kappa shape index (κ3) is 7.08. The fourth-order valence-corrected chi connectivity index (χ4v) is 6.71. The highest BCUT2D eigenvalue weighted by Gasteiger charge is 2.50. The van der Waals surface area contributed by atoms with E-state index in [9.17, 15) is 45.0 Å². The molecule has 1 amide bonds. The molecule has 9 unspecified atom stereocenters. The number of nitrogens with one attached hydrogen (secondary N) is 1. The number of aliphatic hydroxyl groups is 2. The summed E-state index contributed by atoms with van der Waals surface area (Å²) in [5.41, 5.74) is -0.830. The van der Waals surface area contributed by atoms with Crippen LogP contribution in [0.2, 0.25) is 0 Å². The molecule has 278 valence electrons. The van der Waals surface area contributed by atoms with E-state index in [-0.39, 0.29) is 22.4 Å². The van der Waals surface area contributed by atoms with Crippen molar-refractivity contribution in [1.82, 2.24) is 0 Å². The van der Waals surface area contributed by atoms with Gasteiger partial charge in [0.15, 0.2) is 17.2 Å². The molecule has 9 atom stereocenters. The number of esters is 1. The van der Waals surface area contributed by atoms with Crippen molar-refractivity contribution in [2.24, 2.45) is 23.7 Å². The number of hydrogen-bond donors (Lipinski definition) is 7. The minimum Gasteiger partial charge on any atom is -0.507 e. The predicted molar refractivity (Wildman–Crippen MR) is 185 cm³/mol. The van der Waals surface area contributed by atoms with E-state index in [4.69, 9.17) is 18.9 Å². The lowest BCUT2D eigenvalue weighted by Gasteiger charge is -2.38. The predicted octanol–water partition coefficient (Wildman–Crippen LogP) is 4.46. The van der Waals surface area contributed by atoms with Crippen LogP contribution in [-0.2, 0) is 23.8 Å². The van der Waals surface area contributed by atoms with Gasteiger partial charge in [0.05, 0.1) is 35.5 Å². The summed E-state index contributed by atoms with van der Waals surface area (Å²) in [5.74, 6) is -10.3. The van der Waals surface area contributed by atoms with Crippen LogP contribution in [0.15, 0.2) is 36.1 Å². The van der Waals surface area contributed by atoms with Gasteiger partial charge in [0.25, 0.3) is 11.7 Å². The first kappa shape index (κ1) is 39.0. The Morgan fingerprint density at radius 1 is 0.882 bits per heavy atom. The summed E-state index contributed by atoms with van der Waals surface area (Å²) in [6.45, 7) is 12.2. The van der Waals surface area contributed by atoms with Crippen LogP contribution in [0.4, 0.5) is 5.69 Å². The number of ketones is 1. The van der Waals surface area contributed by atoms with E-state index >= 15 is 0 Å². The molecule has 2 aromatic rings. The molecule has 3 aliphatic heterocycles. The average Bonchev–Trinajstić information content (AvgIpc) is 3.35. The third-order valence-corrected chi connectivity index (χ3v) is 9.97. The van der Waals surface area contributed by atoms with Gasteiger partial charge in [-0.2, -0.15) is 0 Å².